The lowest BCUT2D eigenvalue weighted by atomic mass is 9.95. The van der Waals surface area contributed by atoms with E-state index >= 15 is 0 Å². The Balaban J connectivity index is 1.34. The normalized spacial score (nSPS) is 19.5. The lowest BCUT2D eigenvalue weighted by Gasteiger charge is -2.48. The first kappa shape index (κ1) is 23.9. The van der Waals surface area contributed by atoms with Crippen LogP contribution in [0.4, 0.5) is 21.0 Å². The second-order valence-electron chi connectivity index (χ2n) is 9.56. The fourth-order valence-electron chi connectivity index (χ4n) is 5.33. The van der Waals surface area contributed by atoms with Gasteiger partial charge in [-0.05, 0) is 42.7 Å². The molecule has 0 bridgehead atoms. The van der Waals surface area contributed by atoms with Gasteiger partial charge in [-0.2, -0.15) is 0 Å². The molecule has 5 rings (SSSR count). The molecule has 6 heteroatoms. The van der Waals surface area contributed by atoms with Gasteiger partial charge in [0.1, 0.15) is 0 Å². The van der Waals surface area contributed by atoms with Gasteiger partial charge in [0.25, 0.3) is 0 Å². The van der Waals surface area contributed by atoms with Crippen LogP contribution in [0.1, 0.15) is 37.8 Å². The first-order chi connectivity index (χ1) is 17.7. The number of carbonyl (C=O) groups is 2. The molecule has 2 atom stereocenters. The summed E-state index contributed by atoms with van der Waals surface area (Å²) in [5.41, 5.74) is 2.87. The first-order valence-electron chi connectivity index (χ1n) is 13.0. The molecule has 1 unspecified atom stereocenters. The number of anilines is 2. The Morgan fingerprint density at radius 2 is 1.36 bits per heavy atom. The number of carbonyl (C=O) groups excluding carboxylic acids is 2. The Hall–Kier alpha value is -3.80. The first-order valence-corrected chi connectivity index (χ1v) is 13.0. The Labute approximate surface area is 213 Å². The van der Waals surface area contributed by atoms with Crippen molar-refractivity contribution in [1.82, 2.24) is 14.7 Å². The Morgan fingerprint density at radius 3 is 1.89 bits per heavy atom. The van der Waals surface area contributed by atoms with E-state index in [0.29, 0.717) is 19.6 Å². The molecule has 0 radical (unpaired) electrons. The van der Waals surface area contributed by atoms with Gasteiger partial charge in [0.2, 0.25) is 0 Å². The van der Waals surface area contributed by atoms with Crippen molar-refractivity contribution >= 4 is 23.4 Å². The largest absolute Gasteiger partial charge is 0.329 e. The van der Waals surface area contributed by atoms with Gasteiger partial charge in [0.05, 0.1) is 23.5 Å². The zero-order chi connectivity index (χ0) is 24.9. The highest BCUT2D eigenvalue weighted by Gasteiger charge is 2.40. The van der Waals surface area contributed by atoms with Gasteiger partial charge in [-0.15, -0.1) is 0 Å². The highest BCUT2D eigenvalue weighted by Crippen LogP contribution is 2.35. The zero-order valence-electron chi connectivity index (χ0n) is 20.9. The monoisotopic (exact) mass is 482 g/mol. The summed E-state index contributed by atoms with van der Waals surface area (Å²) in [6, 6.07) is 30.0. The van der Waals surface area contributed by atoms with E-state index in [1.807, 2.05) is 93.6 Å². The number of rotatable bonds is 5. The summed E-state index contributed by atoms with van der Waals surface area (Å²) in [7, 11) is 0. The molecule has 4 amide bonds. The van der Waals surface area contributed by atoms with Crippen molar-refractivity contribution in [3.63, 3.8) is 0 Å². The molecule has 3 aromatic rings. The molecule has 2 heterocycles. The molecular formula is C30H34N4O2. The van der Waals surface area contributed by atoms with Crippen LogP contribution in [0.5, 0.6) is 0 Å². The molecule has 0 spiro atoms. The van der Waals surface area contributed by atoms with E-state index < -0.39 is 0 Å². The number of urea groups is 2. The molecule has 0 N–H and O–H groups in total. The topological polar surface area (TPSA) is 47.1 Å². The Morgan fingerprint density at radius 1 is 0.778 bits per heavy atom. The molecule has 2 aliphatic heterocycles. The molecule has 0 aromatic heterocycles. The number of piperazine rings is 1. The molecule has 3 aromatic carbocycles. The number of amides is 4. The second kappa shape index (κ2) is 10.9. The minimum atomic E-state index is -0.0493. The number of benzene rings is 3. The maximum absolute atomic E-state index is 13.9. The number of likely N-dealkylation sites (tertiary alicyclic amines) is 1. The standard InChI is InChI=1S/C30H34N4O2/c1-2-12-27-23-31(29(35)34(25-15-8-4-9-16-25)26-17-10-5-11-18-26)21-22-32(27)30(36)33-20-19-28(33)24-13-6-3-7-14-24/h3-11,13-18,27-28H,2,12,19-23H2,1H3/t27-,28?/m0/s1. The van der Waals surface area contributed by atoms with Gasteiger partial charge in [0.15, 0.2) is 0 Å². The van der Waals surface area contributed by atoms with E-state index in [9.17, 15) is 9.59 Å². The van der Waals surface area contributed by atoms with Crippen LogP contribution in [0.3, 0.4) is 0 Å². The second-order valence-corrected chi connectivity index (χ2v) is 9.56. The summed E-state index contributed by atoms with van der Waals surface area (Å²) < 4.78 is 0. The number of hydrogen-bond acceptors (Lipinski definition) is 2. The van der Waals surface area contributed by atoms with E-state index in [2.05, 4.69) is 19.1 Å². The smallest absolute Gasteiger partial charge is 0.320 e. The van der Waals surface area contributed by atoms with Gasteiger partial charge >= 0.3 is 12.1 Å². The summed E-state index contributed by atoms with van der Waals surface area (Å²) in [6.45, 7) is 4.53. The van der Waals surface area contributed by atoms with Crippen molar-refractivity contribution < 1.29 is 9.59 Å². The van der Waals surface area contributed by atoms with Crippen LogP contribution in [0.15, 0.2) is 91.0 Å². The van der Waals surface area contributed by atoms with Gasteiger partial charge < -0.3 is 14.7 Å². The zero-order valence-corrected chi connectivity index (χ0v) is 20.9. The average molecular weight is 483 g/mol. The van der Waals surface area contributed by atoms with Crippen LogP contribution in [-0.2, 0) is 0 Å². The molecule has 2 fully saturated rings. The summed E-state index contributed by atoms with van der Waals surface area (Å²) in [6.07, 6.45) is 2.82. The number of para-hydroxylation sites is 2. The van der Waals surface area contributed by atoms with Gasteiger partial charge in [-0.3, -0.25) is 4.90 Å². The molecule has 36 heavy (non-hydrogen) atoms. The van der Waals surface area contributed by atoms with Gasteiger partial charge in [-0.25, -0.2) is 9.59 Å². The van der Waals surface area contributed by atoms with Crippen molar-refractivity contribution in [3.8, 4) is 0 Å². The van der Waals surface area contributed by atoms with Crippen LogP contribution in [-0.4, -0.2) is 59.0 Å². The summed E-state index contributed by atoms with van der Waals surface area (Å²) >= 11 is 0. The lowest BCUT2D eigenvalue weighted by molar-refractivity contribution is 0.0477. The molecule has 0 saturated carbocycles. The fourth-order valence-corrected chi connectivity index (χ4v) is 5.33. The summed E-state index contributed by atoms with van der Waals surface area (Å²) in [4.78, 5) is 35.2. The van der Waals surface area contributed by atoms with Crippen molar-refractivity contribution in [2.24, 2.45) is 0 Å². The maximum atomic E-state index is 13.9. The molecule has 2 aliphatic rings. The van der Waals surface area contributed by atoms with E-state index in [1.54, 1.807) is 4.90 Å². The lowest BCUT2D eigenvalue weighted by Crippen LogP contribution is -2.62. The summed E-state index contributed by atoms with van der Waals surface area (Å²) in [5, 5.41) is 0. The van der Waals surface area contributed by atoms with E-state index in [4.69, 9.17) is 0 Å². The van der Waals surface area contributed by atoms with Crippen LogP contribution in [0, 0.1) is 0 Å². The number of nitrogens with zero attached hydrogens (tertiary/aromatic N) is 4. The Kier molecular flexibility index (Phi) is 7.21. The summed E-state index contributed by atoms with van der Waals surface area (Å²) in [5.74, 6) is 0. The molecule has 6 nitrogen and oxygen atoms in total. The molecule has 0 aliphatic carbocycles. The predicted molar refractivity (Wildman–Crippen MR) is 143 cm³/mol. The number of hydrogen-bond donors (Lipinski definition) is 0. The van der Waals surface area contributed by atoms with E-state index in [0.717, 1.165) is 37.2 Å². The Bertz CT molecular complexity index is 1120. The van der Waals surface area contributed by atoms with Crippen molar-refractivity contribution in [1.29, 1.82) is 0 Å². The molecule has 2 saturated heterocycles. The van der Waals surface area contributed by atoms with Crippen LogP contribution >= 0.6 is 0 Å². The predicted octanol–water partition coefficient (Wildman–Crippen LogP) is 6.30. The maximum Gasteiger partial charge on any atom is 0.329 e. The molecular weight excluding hydrogens is 448 g/mol. The van der Waals surface area contributed by atoms with Crippen LogP contribution < -0.4 is 4.90 Å². The third-order valence-corrected chi connectivity index (χ3v) is 7.29. The highest BCUT2D eigenvalue weighted by atomic mass is 16.2. The fraction of sp³-hybridized carbons (Fsp3) is 0.333. The van der Waals surface area contributed by atoms with Gasteiger partial charge in [0, 0.05) is 26.2 Å². The van der Waals surface area contributed by atoms with Crippen molar-refractivity contribution in [2.75, 3.05) is 31.1 Å². The minimum absolute atomic E-state index is 0.00520. The van der Waals surface area contributed by atoms with Crippen molar-refractivity contribution in [2.45, 2.75) is 38.3 Å². The van der Waals surface area contributed by atoms with Gasteiger partial charge in [-0.1, -0.05) is 80.1 Å². The minimum Gasteiger partial charge on any atom is -0.320 e. The quantitative estimate of drug-likeness (QED) is 0.429. The van der Waals surface area contributed by atoms with E-state index in [1.165, 1.54) is 5.56 Å². The van der Waals surface area contributed by atoms with Crippen molar-refractivity contribution in [3.05, 3.63) is 96.6 Å². The van der Waals surface area contributed by atoms with E-state index in [-0.39, 0.29) is 24.1 Å². The van der Waals surface area contributed by atoms with Crippen LogP contribution in [0.25, 0.3) is 0 Å². The molecule has 186 valence electrons. The highest BCUT2D eigenvalue weighted by molar-refractivity contribution is 5.99. The third kappa shape index (κ3) is 4.81. The van der Waals surface area contributed by atoms with Crippen LogP contribution in [0.2, 0.25) is 0 Å². The SMILES string of the molecule is CCC[C@H]1CN(C(=O)N(c2ccccc2)c2ccccc2)CCN1C(=O)N1CCC1c1ccccc1. The average Bonchev–Trinajstić information content (AvgIpc) is 2.90. The third-order valence-electron chi connectivity index (χ3n) is 7.29.